The van der Waals surface area contributed by atoms with Gasteiger partial charge in [0.25, 0.3) is 0 Å². The summed E-state index contributed by atoms with van der Waals surface area (Å²) in [6, 6.07) is 10.3. The molecular formula is C17H24N2O2. The number of rotatable bonds is 7. The lowest BCUT2D eigenvalue weighted by atomic mass is 9.97. The number of nitrogens with one attached hydrogen (secondary N) is 1. The standard InChI is InChI=1S/C17H24N2O2/c1-14(16-7-3-2-4-8-16)12-19-9-5-6-15(13-19)10-18-11-17(20)21/h2-4,7-8,15,18H,1,5-6,9-13H2,(H,20,21). The number of likely N-dealkylation sites (tertiary alicyclic amines) is 1. The van der Waals surface area contributed by atoms with E-state index >= 15 is 0 Å². The second-order valence-corrected chi connectivity index (χ2v) is 5.74. The molecule has 0 bridgehead atoms. The zero-order chi connectivity index (χ0) is 15.1. The summed E-state index contributed by atoms with van der Waals surface area (Å²) in [5, 5.41) is 11.7. The largest absolute Gasteiger partial charge is 0.480 e. The lowest BCUT2D eigenvalue weighted by molar-refractivity contribution is -0.136. The van der Waals surface area contributed by atoms with Gasteiger partial charge in [0, 0.05) is 13.1 Å². The van der Waals surface area contributed by atoms with Crippen molar-refractivity contribution in [3.05, 3.63) is 42.5 Å². The minimum Gasteiger partial charge on any atom is -0.480 e. The zero-order valence-electron chi connectivity index (χ0n) is 12.4. The van der Waals surface area contributed by atoms with Crippen molar-refractivity contribution in [1.82, 2.24) is 10.2 Å². The van der Waals surface area contributed by atoms with E-state index in [2.05, 4.69) is 28.9 Å². The minimum atomic E-state index is -0.792. The maximum atomic E-state index is 10.5. The average molecular weight is 288 g/mol. The summed E-state index contributed by atoms with van der Waals surface area (Å²) >= 11 is 0. The van der Waals surface area contributed by atoms with E-state index in [0.29, 0.717) is 5.92 Å². The van der Waals surface area contributed by atoms with E-state index in [1.54, 1.807) is 0 Å². The van der Waals surface area contributed by atoms with Crippen molar-refractivity contribution in [3.8, 4) is 0 Å². The van der Waals surface area contributed by atoms with Crippen LogP contribution in [-0.2, 0) is 4.79 Å². The van der Waals surface area contributed by atoms with Crippen molar-refractivity contribution >= 4 is 11.5 Å². The second kappa shape index (κ2) is 7.96. The van der Waals surface area contributed by atoms with Gasteiger partial charge in [-0.3, -0.25) is 9.69 Å². The molecule has 1 aliphatic heterocycles. The molecule has 0 aliphatic carbocycles. The highest BCUT2D eigenvalue weighted by molar-refractivity contribution is 5.69. The quantitative estimate of drug-likeness (QED) is 0.806. The van der Waals surface area contributed by atoms with Crippen molar-refractivity contribution in [2.24, 2.45) is 5.92 Å². The Hall–Kier alpha value is -1.65. The van der Waals surface area contributed by atoms with Crippen LogP contribution >= 0.6 is 0 Å². The van der Waals surface area contributed by atoms with Gasteiger partial charge < -0.3 is 10.4 Å². The van der Waals surface area contributed by atoms with Gasteiger partial charge >= 0.3 is 5.97 Å². The first-order valence-corrected chi connectivity index (χ1v) is 7.53. The van der Waals surface area contributed by atoms with E-state index in [1.807, 2.05) is 18.2 Å². The van der Waals surface area contributed by atoms with Crippen LogP contribution in [0.25, 0.3) is 5.57 Å². The van der Waals surface area contributed by atoms with Gasteiger partial charge in [-0.25, -0.2) is 0 Å². The van der Waals surface area contributed by atoms with Crippen molar-refractivity contribution in [2.45, 2.75) is 12.8 Å². The van der Waals surface area contributed by atoms with Crippen LogP contribution in [0.15, 0.2) is 36.9 Å². The predicted molar refractivity (Wildman–Crippen MR) is 85.1 cm³/mol. The molecule has 1 unspecified atom stereocenters. The first-order valence-electron chi connectivity index (χ1n) is 7.53. The highest BCUT2D eigenvalue weighted by Gasteiger charge is 2.20. The van der Waals surface area contributed by atoms with E-state index < -0.39 is 5.97 Å². The van der Waals surface area contributed by atoms with Gasteiger partial charge in [0.1, 0.15) is 0 Å². The molecule has 0 spiro atoms. The van der Waals surface area contributed by atoms with Crippen LogP contribution in [0.4, 0.5) is 0 Å². The number of hydrogen-bond donors (Lipinski definition) is 2. The molecule has 1 heterocycles. The number of benzene rings is 1. The van der Waals surface area contributed by atoms with Crippen molar-refractivity contribution in [3.63, 3.8) is 0 Å². The monoisotopic (exact) mass is 288 g/mol. The molecule has 1 aromatic carbocycles. The first kappa shape index (κ1) is 15.7. The molecule has 2 rings (SSSR count). The summed E-state index contributed by atoms with van der Waals surface area (Å²) in [6.07, 6.45) is 2.34. The summed E-state index contributed by atoms with van der Waals surface area (Å²) in [7, 11) is 0. The van der Waals surface area contributed by atoms with Gasteiger partial charge in [0.05, 0.1) is 6.54 Å². The molecule has 0 radical (unpaired) electrons. The normalized spacial score (nSPS) is 19.3. The molecule has 0 amide bonds. The third kappa shape index (κ3) is 5.33. The number of nitrogens with zero attached hydrogens (tertiary/aromatic N) is 1. The summed E-state index contributed by atoms with van der Waals surface area (Å²) in [6.45, 7) is 8.02. The maximum Gasteiger partial charge on any atom is 0.317 e. The highest BCUT2D eigenvalue weighted by atomic mass is 16.4. The molecule has 4 nitrogen and oxygen atoms in total. The summed E-state index contributed by atoms with van der Waals surface area (Å²) < 4.78 is 0. The van der Waals surface area contributed by atoms with Gasteiger partial charge in [-0.05, 0) is 43.0 Å². The van der Waals surface area contributed by atoms with Crippen LogP contribution in [0.1, 0.15) is 18.4 Å². The minimum absolute atomic E-state index is 0.0488. The molecule has 1 atom stereocenters. The Morgan fingerprint density at radius 2 is 2.14 bits per heavy atom. The Balaban J connectivity index is 1.78. The summed E-state index contributed by atoms with van der Waals surface area (Å²) in [5.74, 6) is -0.262. The predicted octanol–water partition coefficient (Wildman–Crippen LogP) is 2.09. The molecule has 0 saturated carbocycles. The van der Waals surface area contributed by atoms with Crippen LogP contribution in [0.2, 0.25) is 0 Å². The Morgan fingerprint density at radius 1 is 1.38 bits per heavy atom. The van der Waals surface area contributed by atoms with Gasteiger partial charge in [0.2, 0.25) is 0 Å². The van der Waals surface area contributed by atoms with E-state index in [4.69, 9.17) is 5.11 Å². The van der Waals surface area contributed by atoms with Gasteiger partial charge in [-0.15, -0.1) is 0 Å². The average Bonchev–Trinajstić information content (AvgIpc) is 2.48. The van der Waals surface area contributed by atoms with E-state index in [0.717, 1.165) is 31.8 Å². The highest BCUT2D eigenvalue weighted by Crippen LogP contribution is 2.19. The second-order valence-electron chi connectivity index (χ2n) is 5.74. The zero-order valence-corrected chi connectivity index (χ0v) is 12.4. The first-order chi connectivity index (χ1) is 10.1. The molecule has 2 N–H and O–H groups in total. The fraction of sp³-hybridized carbons (Fsp3) is 0.471. The van der Waals surface area contributed by atoms with Crippen LogP contribution in [0.3, 0.4) is 0 Å². The number of carbonyl (C=O) groups is 1. The number of aliphatic carboxylic acids is 1. The molecule has 1 saturated heterocycles. The van der Waals surface area contributed by atoms with E-state index in [-0.39, 0.29) is 6.54 Å². The molecule has 21 heavy (non-hydrogen) atoms. The third-order valence-electron chi connectivity index (χ3n) is 3.91. The van der Waals surface area contributed by atoms with Crippen LogP contribution < -0.4 is 5.32 Å². The maximum absolute atomic E-state index is 10.5. The fourth-order valence-electron chi connectivity index (χ4n) is 2.88. The molecule has 114 valence electrons. The molecular weight excluding hydrogens is 264 g/mol. The molecule has 1 aliphatic rings. The summed E-state index contributed by atoms with van der Waals surface area (Å²) in [4.78, 5) is 12.9. The van der Waals surface area contributed by atoms with E-state index in [9.17, 15) is 4.79 Å². The molecule has 4 heteroatoms. The number of hydrogen-bond acceptors (Lipinski definition) is 3. The Morgan fingerprint density at radius 3 is 2.86 bits per heavy atom. The van der Waals surface area contributed by atoms with Crippen molar-refractivity contribution < 1.29 is 9.90 Å². The topological polar surface area (TPSA) is 52.6 Å². The molecule has 0 aromatic heterocycles. The number of carboxylic acid groups (broad SMARTS) is 1. The van der Waals surface area contributed by atoms with Crippen molar-refractivity contribution in [2.75, 3.05) is 32.7 Å². The Bertz CT molecular complexity index is 473. The van der Waals surface area contributed by atoms with Crippen LogP contribution in [0.5, 0.6) is 0 Å². The van der Waals surface area contributed by atoms with Gasteiger partial charge in [-0.2, -0.15) is 0 Å². The smallest absolute Gasteiger partial charge is 0.317 e. The summed E-state index contributed by atoms with van der Waals surface area (Å²) in [5.41, 5.74) is 2.35. The molecule has 1 fully saturated rings. The lowest BCUT2D eigenvalue weighted by Gasteiger charge is -2.33. The Kier molecular flexibility index (Phi) is 5.96. The van der Waals surface area contributed by atoms with Crippen molar-refractivity contribution in [1.29, 1.82) is 0 Å². The molecule has 1 aromatic rings. The third-order valence-corrected chi connectivity index (χ3v) is 3.91. The van der Waals surface area contributed by atoms with Crippen LogP contribution in [-0.4, -0.2) is 48.7 Å². The lowest BCUT2D eigenvalue weighted by Crippen LogP contribution is -2.41. The van der Waals surface area contributed by atoms with E-state index in [1.165, 1.54) is 18.4 Å². The fourth-order valence-corrected chi connectivity index (χ4v) is 2.88. The number of carboxylic acids is 1. The SMILES string of the molecule is C=C(CN1CCCC(CNCC(=O)O)C1)c1ccccc1. The Labute approximate surface area is 126 Å². The van der Waals surface area contributed by atoms with Gasteiger partial charge in [0.15, 0.2) is 0 Å². The number of piperidine rings is 1. The van der Waals surface area contributed by atoms with Gasteiger partial charge in [-0.1, -0.05) is 36.9 Å². The van der Waals surface area contributed by atoms with Crippen LogP contribution in [0, 0.1) is 5.92 Å².